The molecule has 0 spiro atoms. The van der Waals surface area contributed by atoms with Gasteiger partial charge in [-0.25, -0.2) is 0 Å². The Kier molecular flexibility index (Phi) is 3.17. The fourth-order valence-corrected chi connectivity index (χ4v) is 1.38. The van der Waals surface area contributed by atoms with Crippen molar-refractivity contribution in [2.24, 2.45) is 0 Å². The minimum atomic E-state index is 0.522. The molecule has 1 aromatic rings. The normalized spacial score (nSPS) is 9.55. The van der Waals surface area contributed by atoms with E-state index in [1.54, 1.807) is 11.8 Å². The van der Waals surface area contributed by atoms with Crippen LogP contribution in [-0.4, -0.2) is 12.5 Å². The Morgan fingerprint density at radius 2 is 2.36 bits per heavy atom. The van der Waals surface area contributed by atoms with Gasteiger partial charge >= 0.3 is 0 Å². The van der Waals surface area contributed by atoms with Gasteiger partial charge in [-0.1, -0.05) is 12.1 Å². The van der Waals surface area contributed by atoms with Crippen molar-refractivity contribution >= 4 is 18.0 Å². The molecule has 0 aliphatic heterocycles. The zero-order valence-corrected chi connectivity index (χ0v) is 7.23. The number of hydrogen-bond acceptors (Lipinski definition) is 2. The molecule has 0 aliphatic carbocycles. The summed E-state index contributed by atoms with van der Waals surface area (Å²) in [5, 5.41) is 0. The number of carbonyl (C=O) groups excluding carboxylic acids is 1. The Morgan fingerprint density at radius 1 is 1.55 bits per heavy atom. The van der Waals surface area contributed by atoms with E-state index in [1.807, 2.05) is 30.5 Å². The highest BCUT2D eigenvalue weighted by Gasteiger charge is 1.92. The summed E-state index contributed by atoms with van der Waals surface area (Å²) in [5.74, 6) is 0. The highest BCUT2D eigenvalue weighted by Crippen LogP contribution is 2.15. The summed E-state index contributed by atoms with van der Waals surface area (Å²) in [4.78, 5) is 11.4. The average Bonchev–Trinajstić information content (AvgIpc) is 2.06. The third-order valence-corrected chi connectivity index (χ3v) is 2.18. The van der Waals surface area contributed by atoms with Crippen molar-refractivity contribution in [1.82, 2.24) is 0 Å². The van der Waals surface area contributed by atoms with Crippen molar-refractivity contribution in [3.63, 3.8) is 0 Å². The molecule has 1 aromatic carbocycles. The first kappa shape index (κ1) is 8.34. The van der Waals surface area contributed by atoms with Gasteiger partial charge in [-0.05, 0) is 24.0 Å². The van der Waals surface area contributed by atoms with Gasteiger partial charge in [0, 0.05) is 11.3 Å². The Balaban J connectivity index is 2.82. The molecule has 0 N–H and O–H groups in total. The zero-order valence-electron chi connectivity index (χ0n) is 6.41. The first-order valence-corrected chi connectivity index (χ1v) is 4.66. The summed E-state index contributed by atoms with van der Waals surface area (Å²) in [6.07, 6.45) is 3.48. The molecule has 0 heterocycles. The molecule has 0 saturated heterocycles. The maximum atomic E-state index is 10.2. The number of carbonyl (C=O) groups is 1. The van der Waals surface area contributed by atoms with Crippen LogP contribution in [0.5, 0.6) is 0 Å². The van der Waals surface area contributed by atoms with Crippen molar-refractivity contribution in [1.29, 1.82) is 0 Å². The lowest BCUT2D eigenvalue weighted by Gasteiger charge is -1.97. The van der Waals surface area contributed by atoms with Crippen LogP contribution in [0.25, 0.3) is 0 Å². The molecule has 0 aromatic heterocycles. The minimum Gasteiger partial charge on any atom is -0.303 e. The van der Waals surface area contributed by atoms with Gasteiger partial charge in [0.05, 0.1) is 0 Å². The smallest absolute Gasteiger partial charge is 0.124 e. The van der Waals surface area contributed by atoms with Crippen LogP contribution in [0.4, 0.5) is 0 Å². The van der Waals surface area contributed by atoms with E-state index in [4.69, 9.17) is 0 Å². The van der Waals surface area contributed by atoms with E-state index in [1.165, 1.54) is 4.90 Å². The minimum absolute atomic E-state index is 0.522. The fraction of sp³-hybridized carbons (Fsp3) is 0.222. The molecule has 0 radical (unpaired) electrons. The maximum absolute atomic E-state index is 10.2. The van der Waals surface area contributed by atoms with Gasteiger partial charge in [0.1, 0.15) is 6.29 Å². The molecular formula is C9H10OS. The molecule has 0 fully saturated rings. The lowest BCUT2D eigenvalue weighted by Crippen LogP contribution is -1.84. The van der Waals surface area contributed by atoms with E-state index in [2.05, 4.69) is 0 Å². The second-order valence-electron chi connectivity index (χ2n) is 2.22. The van der Waals surface area contributed by atoms with Crippen molar-refractivity contribution in [2.45, 2.75) is 11.3 Å². The van der Waals surface area contributed by atoms with E-state index < -0.39 is 0 Å². The standard InChI is InChI=1S/C9H10OS/c1-11-9-4-2-3-8(7-9)5-6-10/h2-4,6-7H,5H2,1H3. The highest BCUT2D eigenvalue weighted by molar-refractivity contribution is 7.98. The molecule has 58 valence electrons. The summed E-state index contributed by atoms with van der Waals surface area (Å²) in [7, 11) is 0. The van der Waals surface area contributed by atoms with Crippen LogP contribution in [-0.2, 0) is 11.2 Å². The predicted octanol–water partition coefficient (Wildman–Crippen LogP) is 2.15. The number of rotatable bonds is 3. The van der Waals surface area contributed by atoms with Crippen LogP contribution < -0.4 is 0 Å². The molecule has 0 saturated carbocycles. The second kappa shape index (κ2) is 4.19. The fourth-order valence-electron chi connectivity index (χ4n) is 0.896. The summed E-state index contributed by atoms with van der Waals surface area (Å²) < 4.78 is 0. The van der Waals surface area contributed by atoms with Crippen LogP contribution >= 0.6 is 11.8 Å². The molecule has 0 bridgehead atoms. The van der Waals surface area contributed by atoms with Gasteiger partial charge in [0.2, 0.25) is 0 Å². The number of benzene rings is 1. The average molecular weight is 166 g/mol. The Morgan fingerprint density at radius 3 is 3.00 bits per heavy atom. The van der Waals surface area contributed by atoms with Crippen LogP contribution in [0.15, 0.2) is 29.2 Å². The first-order valence-electron chi connectivity index (χ1n) is 3.43. The summed E-state index contributed by atoms with van der Waals surface area (Å²) in [6.45, 7) is 0. The molecule has 11 heavy (non-hydrogen) atoms. The Labute approximate surface area is 70.8 Å². The van der Waals surface area contributed by atoms with Gasteiger partial charge in [-0.15, -0.1) is 11.8 Å². The van der Waals surface area contributed by atoms with Crippen LogP contribution in [0.2, 0.25) is 0 Å². The van der Waals surface area contributed by atoms with Gasteiger partial charge in [-0.2, -0.15) is 0 Å². The SMILES string of the molecule is CSc1cccc(CC=O)c1. The summed E-state index contributed by atoms with van der Waals surface area (Å²) >= 11 is 1.69. The van der Waals surface area contributed by atoms with Gasteiger partial charge in [0.25, 0.3) is 0 Å². The quantitative estimate of drug-likeness (QED) is 0.505. The van der Waals surface area contributed by atoms with Crippen molar-refractivity contribution in [2.75, 3.05) is 6.26 Å². The number of aldehydes is 1. The topological polar surface area (TPSA) is 17.1 Å². The molecular weight excluding hydrogens is 156 g/mol. The van der Waals surface area contributed by atoms with Crippen molar-refractivity contribution < 1.29 is 4.79 Å². The van der Waals surface area contributed by atoms with Gasteiger partial charge < -0.3 is 4.79 Å². The largest absolute Gasteiger partial charge is 0.303 e. The molecule has 1 nitrogen and oxygen atoms in total. The van der Waals surface area contributed by atoms with E-state index >= 15 is 0 Å². The van der Waals surface area contributed by atoms with E-state index in [-0.39, 0.29) is 0 Å². The molecule has 0 atom stereocenters. The number of thioether (sulfide) groups is 1. The van der Waals surface area contributed by atoms with Crippen LogP contribution in [0.1, 0.15) is 5.56 Å². The Bertz CT molecular complexity index is 245. The van der Waals surface area contributed by atoms with E-state index in [0.29, 0.717) is 6.42 Å². The first-order chi connectivity index (χ1) is 5.36. The van der Waals surface area contributed by atoms with Gasteiger partial charge in [-0.3, -0.25) is 0 Å². The van der Waals surface area contributed by atoms with Crippen molar-refractivity contribution in [3.05, 3.63) is 29.8 Å². The molecule has 0 aliphatic rings. The molecule has 0 unspecified atom stereocenters. The lowest BCUT2D eigenvalue weighted by molar-refractivity contribution is -0.107. The van der Waals surface area contributed by atoms with E-state index in [0.717, 1.165) is 11.8 Å². The summed E-state index contributed by atoms with van der Waals surface area (Å²) in [5.41, 5.74) is 1.09. The van der Waals surface area contributed by atoms with Gasteiger partial charge in [0.15, 0.2) is 0 Å². The third-order valence-electron chi connectivity index (χ3n) is 1.45. The van der Waals surface area contributed by atoms with Crippen LogP contribution in [0.3, 0.4) is 0 Å². The molecule has 2 heteroatoms. The van der Waals surface area contributed by atoms with Crippen molar-refractivity contribution in [3.8, 4) is 0 Å². The second-order valence-corrected chi connectivity index (χ2v) is 3.10. The molecule has 0 amide bonds. The number of hydrogen-bond donors (Lipinski definition) is 0. The van der Waals surface area contributed by atoms with E-state index in [9.17, 15) is 4.79 Å². The highest BCUT2D eigenvalue weighted by atomic mass is 32.2. The lowest BCUT2D eigenvalue weighted by atomic mass is 10.2. The zero-order chi connectivity index (χ0) is 8.10. The Hall–Kier alpha value is -0.760. The maximum Gasteiger partial charge on any atom is 0.124 e. The summed E-state index contributed by atoms with van der Waals surface area (Å²) in [6, 6.07) is 8.02. The molecule has 1 rings (SSSR count). The monoisotopic (exact) mass is 166 g/mol. The van der Waals surface area contributed by atoms with Crippen LogP contribution in [0, 0.1) is 0 Å². The third kappa shape index (κ3) is 2.39. The predicted molar refractivity (Wildman–Crippen MR) is 48.0 cm³/mol.